The summed E-state index contributed by atoms with van der Waals surface area (Å²) in [6.07, 6.45) is 1.79. The van der Waals surface area contributed by atoms with Gasteiger partial charge in [-0.2, -0.15) is 0 Å². The number of pyridine rings is 1. The summed E-state index contributed by atoms with van der Waals surface area (Å²) in [6.45, 7) is 0. The molecule has 3 heteroatoms. The zero-order chi connectivity index (χ0) is 9.54. The van der Waals surface area contributed by atoms with Crippen LogP contribution in [0, 0.1) is 0 Å². The van der Waals surface area contributed by atoms with Gasteiger partial charge in [-0.3, -0.25) is 4.98 Å². The quantitative estimate of drug-likeness (QED) is 0.595. The van der Waals surface area contributed by atoms with Gasteiger partial charge in [0.25, 0.3) is 0 Å². The van der Waals surface area contributed by atoms with Gasteiger partial charge in [-0.1, -0.05) is 17.7 Å². The standard InChI is InChI=1S/C11H7ClN2/c12-10-6-7-3-4-9-8(11(7)14-10)2-1-5-13-9/h1-6,14H. The Bertz CT molecular complexity index is 613. The maximum absolute atomic E-state index is 5.91. The molecule has 0 atom stereocenters. The van der Waals surface area contributed by atoms with E-state index in [1.807, 2.05) is 30.3 Å². The van der Waals surface area contributed by atoms with Gasteiger partial charge < -0.3 is 4.98 Å². The third-order valence-corrected chi connectivity index (χ3v) is 2.55. The molecule has 1 aromatic carbocycles. The van der Waals surface area contributed by atoms with E-state index in [1.165, 1.54) is 0 Å². The van der Waals surface area contributed by atoms with Crippen LogP contribution in [0.1, 0.15) is 0 Å². The zero-order valence-electron chi connectivity index (χ0n) is 7.29. The van der Waals surface area contributed by atoms with Crippen LogP contribution in [0.4, 0.5) is 0 Å². The van der Waals surface area contributed by atoms with Crippen LogP contribution in [0.3, 0.4) is 0 Å². The normalized spacial score (nSPS) is 11.2. The minimum Gasteiger partial charge on any atom is -0.345 e. The molecule has 0 unspecified atom stereocenters. The number of aromatic nitrogens is 2. The topological polar surface area (TPSA) is 28.7 Å². The van der Waals surface area contributed by atoms with Crippen LogP contribution in [-0.4, -0.2) is 9.97 Å². The van der Waals surface area contributed by atoms with Gasteiger partial charge in [-0.05, 0) is 24.3 Å². The molecule has 3 rings (SSSR count). The summed E-state index contributed by atoms with van der Waals surface area (Å²) in [5.74, 6) is 0. The van der Waals surface area contributed by atoms with Gasteiger partial charge in [-0.25, -0.2) is 0 Å². The smallest absolute Gasteiger partial charge is 0.107 e. The second-order valence-corrected chi connectivity index (χ2v) is 3.62. The van der Waals surface area contributed by atoms with E-state index in [0.717, 1.165) is 21.8 Å². The summed E-state index contributed by atoms with van der Waals surface area (Å²) in [7, 11) is 0. The van der Waals surface area contributed by atoms with Crippen molar-refractivity contribution in [3.63, 3.8) is 0 Å². The van der Waals surface area contributed by atoms with Gasteiger partial charge >= 0.3 is 0 Å². The highest BCUT2D eigenvalue weighted by atomic mass is 35.5. The lowest BCUT2D eigenvalue weighted by Gasteiger charge is -1.97. The molecular weight excluding hydrogens is 196 g/mol. The van der Waals surface area contributed by atoms with Crippen LogP contribution in [0.15, 0.2) is 36.5 Å². The van der Waals surface area contributed by atoms with Crippen molar-refractivity contribution >= 4 is 33.4 Å². The Morgan fingerprint density at radius 3 is 3.07 bits per heavy atom. The third-order valence-electron chi connectivity index (χ3n) is 2.34. The molecule has 0 bridgehead atoms. The Balaban J connectivity index is 2.60. The highest BCUT2D eigenvalue weighted by Crippen LogP contribution is 2.25. The molecule has 2 nitrogen and oxygen atoms in total. The van der Waals surface area contributed by atoms with Gasteiger partial charge in [0, 0.05) is 17.0 Å². The first kappa shape index (κ1) is 7.83. The predicted molar refractivity (Wildman–Crippen MR) is 58.6 cm³/mol. The van der Waals surface area contributed by atoms with Crippen LogP contribution in [0.25, 0.3) is 21.8 Å². The lowest BCUT2D eigenvalue weighted by atomic mass is 10.1. The number of benzene rings is 1. The summed E-state index contributed by atoms with van der Waals surface area (Å²) in [5.41, 5.74) is 2.04. The first-order valence-electron chi connectivity index (χ1n) is 4.36. The van der Waals surface area contributed by atoms with Crippen molar-refractivity contribution in [2.75, 3.05) is 0 Å². The number of H-pyrrole nitrogens is 1. The Morgan fingerprint density at radius 2 is 2.14 bits per heavy atom. The molecular formula is C11H7ClN2. The van der Waals surface area contributed by atoms with E-state index in [-0.39, 0.29) is 0 Å². The molecule has 0 aliphatic heterocycles. The summed E-state index contributed by atoms with van der Waals surface area (Å²) in [4.78, 5) is 7.40. The molecule has 0 aliphatic carbocycles. The first-order valence-corrected chi connectivity index (χ1v) is 4.74. The number of halogens is 1. The lowest BCUT2D eigenvalue weighted by Crippen LogP contribution is -1.78. The number of rotatable bonds is 0. The third kappa shape index (κ3) is 1.01. The second-order valence-electron chi connectivity index (χ2n) is 3.22. The molecule has 2 heterocycles. The van der Waals surface area contributed by atoms with E-state index >= 15 is 0 Å². The van der Waals surface area contributed by atoms with Crippen LogP contribution >= 0.6 is 11.6 Å². The van der Waals surface area contributed by atoms with Gasteiger partial charge in [0.05, 0.1) is 11.0 Å². The monoisotopic (exact) mass is 202 g/mol. The Hall–Kier alpha value is -1.54. The Labute approximate surface area is 85.5 Å². The Morgan fingerprint density at radius 1 is 1.21 bits per heavy atom. The van der Waals surface area contributed by atoms with E-state index in [1.54, 1.807) is 6.20 Å². The molecule has 0 radical (unpaired) electrons. The first-order chi connectivity index (χ1) is 6.84. The molecule has 14 heavy (non-hydrogen) atoms. The number of hydrogen-bond acceptors (Lipinski definition) is 1. The number of aromatic amines is 1. The number of nitrogens with zero attached hydrogens (tertiary/aromatic N) is 1. The molecule has 0 saturated carbocycles. The minimum atomic E-state index is 0.663. The van der Waals surface area contributed by atoms with Crippen LogP contribution in [0.5, 0.6) is 0 Å². The average Bonchev–Trinajstić information content (AvgIpc) is 2.59. The highest BCUT2D eigenvalue weighted by molar-refractivity contribution is 6.31. The maximum atomic E-state index is 5.91. The Kier molecular flexibility index (Phi) is 1.52. The fourth-order valence-electron chi connectivity index (χ4n) is 1.72. The summed E-state index contributed by atoms with van der Waals surface area (Å²) >= 11 is 5.91. The van der Waals surface area contributed by atoms with Gasteiger partial charge in [0.1, 0.15) is 5.15 Å². The van der Waals surface area contributed by atoms with Crippen molar-refractivity contribution in [2.45, 2.75) is 0 Å². The van der Waals surface area contributed by atoms with Crippen molar-refractivity contribution in [1.29, 1.82) is 0 Å². The van der Waals surface area contributed by atoms with Crippen molar-refractivity contribution in [1.82, 2.24) is 9.97 Å². The fourth-order valence-corrected chi connectivity index (χ4v) is 1.93. The molecule has 3 aromatic rings. The van der Waals surface area contributed by atoms with Crippen molar-refractivity contribution < 1.29 is 0 Å². The molecule has 0 amide bonds. The van der Waals surface area contributed by atoms with Gasteiger partial charge in [0.15, 0.2) is 0 Å². The highest BCUT2D eigenvalue weighted by Gasteiger charge is 2.03. The second kappa shape index (κ2) is 2.72. The number of fused-ring (bicyclic) bond motifs is 3. The molecule has 1 N–H and O–H groups in total. The van der Waals surface area contributed by atoms with Crippen LogP contribution < -0.4 is 0 Å². The predicted octanol–water partition coefficient (Wildman–Crippen LogP) is 3.37. The summed E-state index contributed by atoms with van der Waals surface area (Å²) < 4.78 is 0. The van der Waals surface area contributed by atoms with E-state index in [0.29, 0.717) is 5.15 Å². The van der Waals surface area contributed by atoms with Crippen molar-refractivity contribution in [3.8, 4) is 0 Å². The molecule has 0 aliphatic rings. The number of hydrogen-bond donors (Lipinski definition) is 1. The van der Waals surface area contributed by atoms with Crippen molar-refractivity contribution in [3.05, 3.63) is 41.7 Å². The fraction of sp³-hybridized carbons (Fsp3) is 0. The van der Waals surface area contributed by atoms with E-state index in [2.05, 4.69) is 9.97 Å². The molecule has 0 saturated heterocycles. The SMILES string of the molecule is Clc1cc2ccc3ncccc3c2[nH]1. The van der Waals surface area contributed by atoms with Crippen molar-refractivity contribution in [2.24, 2.45) is 0 Å². The lowest BCUT2D eigenvalue weighted by molar-refractivity contribution is 1.41. The minimum absolute atomic E-state index is 0.663. The zero-order valence-corrected chi connectivity index (χ0v) is 8.05. The van der Waals surface area contributed by atoms with Crippen LogP contribution in [0.2, 0.25) is 5.15 Å². The number of nitrogens with one attached hydrogen (secondary N) is 1. The molecule has 0 fully saturated rings. The van der Waals surface area contributed by atoms with E-state index in [9.17, 15) is 0 Å². The molecule has 68 valence electrons. The van der Waals surface area contributed by atoms with E-state index < -0.39 is 0 Å². The largest absolute Gasteiger partial charge is 0.345 e. The van der Waals surface area contributed by atoms with E-state index in [4.69, 9.17) is 11.6 Å². The van der Waals surface area contributed by atoms with Gasteiger partial charge in [0.2, 0.25) is 0 Å². The molecule has 0 spiro atoms. The molecule has 2 aromatic heterocycles. The average molecular weight is 203 g/mol. The summed E-state index contributed by atoms with van der Waals surface area (Å²) in [6, 6.07) is 9.91. The maximum Gasteiger partial charge on any atom is 0.107 e. The van der Waals surface area contributed by atoms with Crippen LogP contribution in [-0.2, 0) is 0 Å². The summed E-state index contributed by atoms with van der Waals surface area (Å²) in [5, 5.41) is 2.89. The van der Waals surface area contributed by atoms with Gasteiger partial charge in [-0.15, -0.1) is 0 Å².